The van der Waals surface area contributed by atoms with Gasteiger partial charge in [0.2, 0.25) is 0 Å². The fourth-order valence-corrected chi connectivity index (χ4v) is 1.59. The molecule has 88 valence electrons. The Kier molecular flexibility index (Phi) is 2.71. The molecule has 0 saturated carbocycles. The van der Waals surface area contributed by atoms with Crippen LogP contribution in [0.4, 0.5) is 0 Å². The number of aromatic nitrogens is 4. The summed E-state index contributed by atoms with van der Waals surface area (Å²) >= 11 is 0. The van der Waals surface area contributed by atoms with Gasteiger partial charge in [-0.25, -0.2) is 4.98 Å². The molecular weight excluding hydrogens is 228 g/mol. The standard InChI is InChI=1S/C7H5NO.C6H5N3/c1-2-4-7-6(3-1)8-5-9-7;1-2-4-6-5(3-1)7-9-8-6/h1-5H;1-4H,(H,7,8,9). The van der Waals surface area contributed by atoms with Gasteiger partial charge < -0.3 is 4.42 Å². The third-order valence-electron chi connectivity index (χ3n) is 2.46. The number of para-hydroxylation sites is 4. The molecule has 2 aromatic carbocycles. The first-order chi connectivity index (χ1) is 8.93. The third-order valence-corrected chi connectivity index (χ3v) is 2.46. The minimum Gasteiger partial charge on any atom is -0.443 e. The average molecular weight is 238 g/mol. The van der Waals surface area contributed by atoms with Gasteiger partial charge in [-0.15, -0.1) is 0 Å². The van der Waals surface area contributed by atoms with Crippen LogP contribution in [0.15, 0.2) is 59.3 Å². The molecule has 0 unspecified atom stereocenters. The number of fused-ring (bicyclic) bond motifs is 2. The van der Waals surface area contributed by atoms with Crippen molar-refractivity contribution in [2.75, 3.05) is 0 Å². The summed E-state index contributed by atoms with van der Waals surface area (Å²) in [4.78, 5) is 3.95. The molecule has 0 fully saturated rings. The summed E-state index contributed by atoms with van der Waals surface area (Å²) in [6.07, 6.45) is 1.45. The molecule has 1 N–H and O–H groups in total. The Hall–Kier alpha value is -2.69. The van der Waals surface area contributed by atoms with Gasteiger partial charge in [-0.05, 0) is 24.3 Å². The van der Waals surface area contributed by atoms with E-state index >= 15 is 0 Å². The number of oxazole rings is 1. The highest BCUT2D eigenvalue weighted by Gasteiger charge is 1.91. The molecule has 18 heavy (non-hydrogen) atoms. The van der Waals surface area contributed by atoms with Crippen LogP contribution in [0, 0.1) is 0 Å². The number of hydrogen-bond donors (Lipinski definition) is 1. The lowest BCUT2D eigenvalue weighted by molar-refractivity contribution is 0.602. The summed E-state index contributed by atoms with van der Waals surface area (Å²) < 4.78 is 5.01. The number of H-pyrrole nitrogens is 1. The van der Waals surface area contributed by atoms with Gasteiger partial charge in [0, 0.05) is 0 Å². The Morgan fingerprint density at radius 2 is 1.39 bits per heavy atom. The van der Waals surface area contributed by atoms with Crippen LogP contribution in [0.3, 0.4) is 0 Å². The second-order valence-corrected chi connectivity index (χ2v) is 3.63. The van der Waals surface area contributed by atoms with Crippen molar-refractivity contribution in [2.24, 2.45) is 0 Å². The molecular formula is C13H10N4O. The van der Waals surface area contributed by atoms with Gasteiger partial charge >= 0.3 is 0 Å². The third kappa shape index (κ3) is 2.06. The van der Waals surface area contributed by atoms with E-state index < -0.39 is 0 Å². The molecule has 4 rings (SSSR count). The van der Waals surface area contributed by atoms with Crippen molar-refractivity contribution in [2.45, 2.75) is 0 Å². The highest BCUT2D eigenvalue weighted by atomic mass is 16.3. The lowest BCUT2D eigenvalue weighted by Gasteiger charge is -1.79. The molecule has 0 atom stereocenters. The maximum Gasteiger partial charge on any atom is 0.181 e. The second kappa shape index (κ2) is 4.67. The highest BCUT2D eigenvalue weighted by molar-refractivity contribution is 5.72. The van der Waals surface area contributed by atoms with Gasteiger partial charge in [-0.1, -0.05) is 24.3 Å². The molecule has 0 radical (unpaired) electrons. The van der Waals surface area contributed by atoms with Crippen molar-refractivity contribution in [3.8, 4) is 0 Å². The zero-order valence-corrected chi connectivity index (χ0v) is 9.45. The normalized spacial score (nSPS) is 10.2. The average Bonchev–Trinajstić information content (AvgIpc) is 3.08. The van der Waals surface area contributed by atoms with Crippen molar-refractivity contribution < 1.29 is 4.42 Å². The van der Waals surface area contributed by atoms with E-state index in [1.54, 1.807) is 0 Å². The molecule has 0 aliphatic carbocycles. The summed E-state index contributed by atoms with van der Waals surface area (Å²) in [6, 6.07) is 15.4. The quantitative estimate of drug-likeness (QED) is 0.511. The molecule has 0 spiro atoms. The van der Waals surface area contributed by atoms with E-state index in [9.17, 15) is 0 Å². The molecule has 0 aliphatic rings. The Bertz CT molecular complexity index is 633. The maximum atomic E-state index is 5.01. The molecule has 0 bridgehead atoms. The zero-order chi connectivity index (χ0) is 12.2. The first-order valence-corrected chi connectivity index (χ1v) is 5.47. The minimum absolute atomic E-state index is 0.845. The van der Waals surface area contributed by atoms with E-state index in [2.05, 4.69) is 20.4 Å². The Labute approximate surface area is 102 Å². The predicted octanol–water partition coefficient (Wildman–Crippen LogP) is 2.79. The molecule has 2 aromatic heterocycles. The van der Waals surface area contributed by atoms with Crippen molar-refractivity contribution in [3.05, 3.63) is 54.9 Å². The topological polar surface area (TPSA) is 67.6 Å². The molecule has 0 aliphatic heterocycles. The van der Waals surface area contributed by atoms with Gasteiger partial charge in [0.15, 0.2) is 12.0 Å². The summed E-state index contributed by atoms with van der Waals surface area (Å²) in [5.74, 6) is 0. The molecule has 0 amide bonds. The SMILES string of the molecule is c1ccc2n[nH]nc2c1.c1ccc2ocnc2c1. The Morgan fingerprint density at radius 3 is 2.06 bits per heavy atom. The molecule has 5 nitrogen and oxygen atoms in total. The number of nitrogens with zero attached hydrogens (tertiary/aromatic N) is 3. The fraction of sp³-hybridized carbons (Fsp3) is 0. The Balaban J connectivity index is 0.000000111. The fourth-order valence-electron chi connectivity index (χ4n) is 1.59. The second-order valence-electron chi connectivity index (χ2n) is 3.63. The summed E-state index contributed by atoms with van der Waals surface area (Å²) in [7, 11) is 0. The number of rotatable bonds is 0. The molecule has 0 saturated heterocycles. The van der Waals surface area contributed by atoms with Gasteiger partial charge in [-0.2, -0.15) is 15.4 Å². The lowest BCUT2D eigenvalue weighted by Crippen LogP contribution is -1.63. The van der Waals surface area contributed by atoms with Crippen molar-refractivity contribution in [3.63, 3.8) is 0 Å². The van der Waals surface area contributed by atoms with Crippen LogP contribution < -0.4 is 0 Å². The van der Waals surface area contributed by atoms with E-state index in [4.69, 9.17) is 4.42 Å². The van der Waals surface area contributed by atoms with E-state index in [1.165, 1.54) is 6.39 Å². The van der Waals surface area contributed by atoms with Crippen LogP contribution in [0.2, 0.25) is 0 Å². The summed E-state index contributed by atoms with van der Waals surface area (Å²) in [6.45, 7) is 0. The summed E-state index contributed by atoms with van der Waals surface area (Å²) in [5.41, 5.74) is 3.59. The monoisotopic (exact) mass is 238 g/mol. The van der Waals surface area contributed by atoms with E-state index in [-0.39, 0.29) is 0 Å². The van der Waals surface area contributed by atoms with Gasteiger partial charge in [-0.3, -0.25) is 0 Å². The largest absolute Gasteiger partial charge is 0.443 e. The minimum atomic E-state index is 0.845. The maximum absolute atomic E-state index is 5.01. The number of nitrogens with one attached hydrogen (secondary N) is 1. The van der Waals surface area contributed by atoms with Crippen LogP contribution in [0.25, 0.3) is 22.1 Å². The number of benzene rings is 2. The number of hydrogen-bond acceptors (Lipinski definition) is 4. The van der Waals surface area contributed by atoms with Gasteiger partial charge in [0.25, 0.3) is 0 Å². The molecule has 4 aromatic rings. The highest BCUT2D eigenvalue weighted by Crippen LogP contribution is 2.09. The van der Waals surface area contributed by atoms with Crippen LogP contribution in [0.1, 0.15) is 0 Å². The van der Waals surface area contributed by atoms with Gasteiger partial charge in [0.05, 0.1) is 0 Å². The van der Waals surface area contributed by atoms with Crippen LogP contribution in [0.5, 0.6) is 0 Å². The first kappa shape index (κ1) is 10.5. The molecule has 2 heterocycles. The van der Waals surface area contributed by atoms with E-state index in [0.717, 1.165) is 22.1 Å². The van der Waals surface area contributed by atoms with E-state index in [1.807, 2.05) is 48.5 Å². The zero-order valence-electron chi connectivity index (χ0n) is 9.45. The van der Waals surface area contributed by atoms with Gasteiger partial charge in [0.1, 0.15) is 16.6 Å². The van der Waals surface area contributed by atoms with Crippen molar-refractivity contribution in [1.82, 2.24) is 20.4 Å². The summed E-state index contributed by atoms with van der Waals surface area (Å²) in [5, 5.41) is 10.3. The predicted molar refractivity (Wildman–Crippen MR) is 67.9 cm³/mol. The van der Waals surface area contributed by atoms with Crippen LogP contribution >= 0.6 is 0 Å². The van der Waals surface area contributed by atoms with Crippen molar-refractivity contribution >= 4 is 22.1 Å². The van der Waals surface area contributed by atoms with E-state index in [0.29, 0.717) is 0 Å². The first-order valence-electron chi connectivity index (χ1n) is 5.47. The lowest BCUT2D eigenvalue weighted by atomic mass is 10.3. The number of aromatic amines is 1. The van der Waals surface area contributed by atoms with Crippen LogP contribution in [-0.2, 0) is 0 Å². The smallest absolute Gasteiger partial charge is 0.181 e. The van der Waals surface area contributed by atoms with Crippen LogP contribution in [-0.4, -0.2) is 20.4 Å². The molecule has 5 heteroatoms. The van der Waals surface area contributed by atoms with Crippen molar-refractivity contribution in [1.29, 1.82) is 0 Å². The Morgan fingerprint density at radius 1 is 0.778 bits per heavy atom.